The lowest BCUT2D eigenvalue weighted by molar-refractivity contribution is -0.247. The summed E-state index contributed by atoms with van der Waals surface area (Å²) in [5.41, 5.74) is 2.67. The lowest BCUT2D eigenvalue weighted by Crippen LogP contribution is -2.54. The number of morpholine rings is 1. The molecule has 44 heavy (non-hydrogen) atoms. The Hall–Kier alpha value is -3.43. The first-order valence-corrected chi connectivity index (χ1v) is 14.7. The number of carbonyl (C=O) groups is 3. The second kappa shape index (κ2) is 10.3. The van der Waals surface area contributed by atoms with E-state index >= 15 is 0 Å². The first kappa shape index (κ1) is 29.3. The Morgan fingerprint density at radius 1 is 1.09 bits per heavy atom. The Morgan fingerprint density at radius 2 is 1.84 bits per heavy atom. The second-order valence-corrected chi connectivity index (χ2v) is 12.3. The number of hydrogen-bond acceptors (Lipinski definition) is 13. The summed E-state index contributed by atoms with van der Waals surface area (Å²) in [5.74, 6) is -3.71. The molecule has 0 aromatic heterocycles. The molecule has 0 amide bonds. The number of hydrogen-bond donors (Lipinski definition) is 5. The monoisotopic (exact) mass is 610 g/mol. The van der Waals surface area contributed by atoms with Crippen LogP contribution in [0.5, 0.6) is 11.5 Å². The van der Waals surface area contributed by atoms with Crippen molar-refractivity contribution in [2.75, 3.05) is 25.5 Å². The molecule has 0 bridgehead atoms. The zero-order valence-corrected chi connectivity index (χ0v) is 24.2. The maximum atomic E-state index is 13.7. The highest BCUT2D eigenvalue weighted by atomic mass is 16.7. The zero-order valence-electron chi connectivity index (χ0n) is 24.2. The molecular weight excluding hydrogens is 576 g/mol. The van der Waals surface area contributed by atoms with E-state index in [-0.39, 0.29) is 52.4 Å². The number of anilines is 1. The molecule has 7 rings (SSSR count). The van der Waals surface area contributed by atoms with Crippen molar-refractivity contribution in [1.82, 2.24) is 4.90 Å². The molecule has 2 aromatic rings. The summed E-state index contributed by atoms with van der Waals surface area (Å²) >= 11 is 0. The van der Waals surface area contributed by atoms with Crippen molar-refractivity contribution in [2.45, 2.75) is 81.7 Å². The average Bonchev–Trinajstić information content (AvgIpc) is 3.37. The van der Waals surface area contributed by atoms with E-state index in [1.165, 1.54) is 18.2 Å². The minimum Gasteiger partial charge on any atom is -0.507 e. The lowest BCUT2D eigenvalue weighted by Gasteiger charge is -2.43. The highest BCUT2D eigenvalue weighted by Crippen LogP contribution is 2.52. The van der Waals surface area contributed by atoms with E-state index in [0.717, 1.165) is 0 Å². The molecule has 2 aromatic carbocycles. The van der Waals surface area contributed by atoms with Crippen molar-refractivity contribution in [3.05, 3.63) is 51.6 Å². The summed E-state index contributed by atoms with van der Waals surface area (Å²) in [6.07, 6.45) is -3.85. The van der Waals surface area contributed by atoms with Crippen molar-refractivity contribution in [1.29, 1.82) is 0 Å². The van der Waals surface area contributed by atoms with Crippen LogP contribution in [0, 0.1) is 0 Å². The molecule has 8 atom stereocenters. The minimum atomic E-state index is -2.21. The zero-order chi connectivity index (χ0) is 31.2. The molecule has 3 aliphatic heterocycles. The van der Waals surface area contributed by atoms with E-state index in [1.807, 2.05) is 13.8 Å². The van der Waals surface area contributed by atoms with Crippen LogP contribution in [-0.4, -0.2) is 105 Å². The maximum absolute atomic E-state index is 13.7. The molecule has 0 radical (unpaired) electrons. The number of ether oxygens (including phenoxy) is 4. The smallest absolute Gasteiger partial charge is 0.200 e. The van der Waals surface area contributed by atoms with Crippen LogP contribution in [0.15, 0.2) is 18.2 Å². The third-order valence-corrected chi connectivity index (χ3v) is 9.73. The summed E-state index contributed by atoms with van der Waals surface area (Å²) < 4.78 is 24.6. The molecule has 6 N–H and O–H groups in total. The molecule has 13 nitrogen and oxygen atoms in total. The van der Waals surface area contributed by atoms with Gasteiger partial charge in [0.15, 0.2) is 23.6 Å². The van der Waals surface area contributed by atoms with Crippen LogP contribution in [0.25, 0.3) is 0 Å². The van der Waals surface area contributed by atoms with Crippen LogP contribution in [0.2, 0.25) is 0 Å². The number of nitrogens with two attached hydrogens (primary N) is 1. The summed E-state index contributed by atoms with van der Waals surface area (Å²) in [6, 6.07) is 4.25. The predicted molar refractivity (Wildman–Crippen MR) is 150 cm³/mol. The van der Waals surface area contributed by atoms with Crippen molar-refractivity contribution in [2.24, 2.45) is 0 Å². The van der Waals surface area contributed by atoms with Gasteiger partial charge >= 0.3 is 0 Å². The summed E-state index contributed by atoms with van der Waals surface area (Å²) in [6.45, 7) is 3.99. The van der Waals surface area contributed by atoms with Crippen LogP contribution in [0.4, 0.5) is 5.69 Å². The third-order valence-electron chi connectivity index (χ3n) is 9.73. The predicted octanol–water partition coefficient (Wildman–Crippen LogP) is 0.701. The normalized spacial score (nSPS) is 34.5. The van der Waals surface area contributed by atoms with Crippen molar-refractivity contribution in [3.63, 3.8) is 0 Å². The highest BCUT2D eigenvalue weighted by Gasteiger charge is 2.54. The Balaban J connectivity index is 1.30. The standard InChI is InChI=1S/C31H34N2O11/c1-12-29-17(33-6-7-41-13(2)30(33)44-29)8-20(42-12)43-18-10-31(40,19(35)11-34)9-15-22(18)28(39)24-23(26(15)37)25(36)14-4-3-5-16(32)21(14)27(24)38/h3-5,12-13,17-18,20,29-30,34,37,39-40H,6-11,32H2,1-2H3/t12-,13+,17?,18-,20-,29+,30+,31-/m0/s1. The van der Waals surface area contributed by atoms with E-state index in [1.54, 1.807) is 0 Å². The molecular formula is C31H34N2O11. The highest BCUT2D eigenvalue weighted by molar-refractivity contribution is 6.32. The van der Waals surface area contributed by atoms with Gasteiger partial charge in [-0.25, -0.2) is 0 Å². The fourth-order valence-electron chi connectivity index (χ4n) is 7.62. The van der Waals surface area contributed by atoms with Crippen molar-refractivity contribution >= 4 is 23.0 Å². The number of phenolic OH excluding ortho intramolecular Hbond substituents is 2. The molecule has 13 heteroatoms. The van der Waals surface area contributed by atoms with E-state index in [4.69, 9.17) is 24.7 Å². The van der Waals surface area contributed by atoms with Crippen LogP contribution < -0.4 is 5.73 Å². The number of Topliss-reactive ketones (excluding diaryl/α,β-unsaturated/α-hetero) is 1. The SMILES string of the molecule is C[C@@H]1O[C@@H](O[C@H]2C[C@](O)(C(=O)CO)Cc3c(O)c4c(c(O)c32)C(=O)c2c(N)cccc2C4=O)CC2[C@@H]1O[C@@H]1[C@@H](C)OCCN21. The summed E-state index contributed by atoms with van der Waals surface area (Å²) in [4.78, 5) is 42.3. The Morgan fingerprint density at radius 3 is 2.59 bits per heavy atom. The van der Waals surface area contributed by atoms with Crippen molar-refractivity contribution < 1.29 is 53.8 Å². The largest absolute Gasteiger partial charge is 0.507 e. The van der Waals surface area contributed by atoms with Gasteiger partial charge in [-0.15, -0.1) is 0 Å². The van der Waals surface area contributed by atoms with Gasteiger partial charge in [0, 0.05) is 54.2 Å². The van der Waals surface area contributed by atoms with Gasteiger partial charge in [-0.3, -0.25) is 19.3 Å². The Bertz CT molecular complexity index is 1590. The van der Waals surface area contributed by atoms with Gasteiger partial charge in [-0.05, 0) is 19.9 Å². The Labute approximate surface area is 252 Å². The fourth-order valence-corrected chi connectivity index (χ4v) is 7.62. The number of aromatic hydroxyl groups is 2. The van der Waals surface area contributed by atoms with Crippen LogP contribution in [-0.2, 0) is 30.2 Å². The van der Waals surface area contributed by atoms with Gasteiger partial charge in [0.1, 0.15) is 36.0 Å². The molecule has 0 saturated carbocycles. The van der Waals surface area contributed by atoms with Crippen molar-refractivity contribution in [3.8, 4) is 11.5 Å². The van der Waals surface area contributed by atoms with Crippen LogP contribution >= 0.6 is 0 Å². The van der Waals surface area contributed by atoms with E-state index < -0.39 is 83.5 Å². The van der Waals surface area contributed by atoms with Gasteiger partial charge in [0.05, 0.1) is 41.6 Å². The fraction of sp³-hybridized carbons (Fsp3) is 0.516. The molecule has 3 heterocycles. The van der Waals surface area contributed by atoms with E-state index in [2.05, 4.69) is 4.90 Å². The quantitative estimate of drug-likeness (QED) is 0.205. The summed E-state index contributed by atoms with van der Waals surface area (Å²) in [7, 11) is 0. The molecule has 5 aliphatic rings. The second-order valence-electron chi connectivity index (χ2n) is 12.3. The number of nitrogens with zero attached hydrogens (tertiary/aromatic N) is 1. The number of phenols is 2. The number of fused-ring (bicyclic) bond motifs is 6. The first-order chi connectivity index (χ1) is 20.9. The van der Waals surface area contributed by atoms with Gasteiger partial charge in [0.2, 0.25) is 0 Å². The maximum Gasteiger partial charge on any atom is 0.200 e. The number of aliphatic hydroxyl groups excluding tert-OH is 1. The van der Waals surface area contributed by atoms with Gasteiger partial charge in [0.25, 0.3) is 0 Å². The molecule has 2 aliphatic carbocycles. The summed E-state index contributed by atoms with van der Waals surface area (Å²) in [5, 5.41) is 44.3. The first-order valence-electron chi connectivity index (χ1n) is 14.7. The van der Waals surface area contributed by atoms with Crippen LogP contribution in [0.3, 0.4) is 0 Å². The molecule has 0 spiro atoms. The van der Waals surface area contributed by atoms with E-state index in [0.29, 0.717) is 19.6 Å². The average molecular weight is 611 g/mol. The lowest BCUT2D eigenvalue weighted by atomic mass is 9.72. The van der Waals surface area contributed by atoms with Crippen LogP contribution in [0.1, 0.15) is 75.8 Å². The number of carbonyl (C=O) groups excluding carboxylic acids is 3. The van der Waals surface area contributed by atoms with Gasteiger partial charge < -0.3 is 45.1 Å². The number of benzene rings is 2. The topological polar surface area (TPSA) is 198 Å². The third kappa shape index (κ3) is 4.15. The molecule has 3 fully saturated rings. The number of rotatable bonds is 4. The molecule has 3 saturated heterocycles. The number of ketones is 3. The number of nitrogen functional groups attached to an aromatic ring is 1. The van der Waals surface area contributed by atoms with E-state index in [9.17, 15) is 34.8 Å². The Kier molecular flexibility index (Phi) is 6.86. The molecule has 1 unspecified atom stereocenters. The van der Waals surface area contributed by atoms with Gasteiger partial charge in [-0.2, -0.15) is 0 Å². The molecule has 234 valence electrons. The number of aliphatic hydroxyl groups is 2. The minimum absolute atomic E-state index is 0.0347. The van der Waals surface area contributed by atoms with Gasteiger partial charge in [-0.1, -0.05) is 12.1 Å².